The van der Waals surface area contributed by atoms with Crippen molar-refractivity contribution in [3.63, 3.8) is 0 Å². The van der Waals surface area contributed by atoms with Gasteiger partial charge in [-0.15, -0.1) is 0 Å². The number of hydrogen-bond acceptors (Lipinski definition) is 5. The highest BCUT2D eigenvalue weighted by Gasteiger charge is 2.19. The number of ether oxygens (including phenoxy) is 2. The van der Waals surface area contributed by atoms with E-state index in [4.69, 9.17) is 9.47 Å². The average molecular weight is 369 g/mol. The zero-order valence-electron chi connectivity index (χ0n) is 9.81. The van der Waals surface area contributed by atoms with Crippen molar-refractivity contribution in [2.24, 2.45) is 0 Å². The van der Waals surface area contributed by atoms with Crippen LogP contribution in [0.3, 0.4) is 0 Å². The van der Waals surface area contributed by atoms with Gasteiger partial charge in [0.25, 0.3) is 0 Å². The van der Waals surface area contributed by atoms with Gasteiger partial charge in [0.1, 0.15) is 9.52 Å². The van der Waals surface area contributed by atoms with Gasteiger partial charge in [-0.3, -0.25) is 0 Å². The molecule has 1 aromatic heterocycles. The first-order valence-corrected chi connectivity index (χ1v) is 6.22. The van der Waals surface area contributed by atoms with Gasteiger partial charge in [0.05, 0.1) is 19.8 Å². The highest BCUT2D eigenvalue weighted by Crippen LogP contribution is 2.19. The van der Waals surface area contributed by atoms with Gasteiger partial charge in [-0.1, -0.05) is 0 Å². The van der Waals surface area contributed by atoms with E-state index in [1.54, 1.807) is 7.11 Å². The lowest BCUT2D eigenvalue weighted by Crippen LogP contribution is -2.41. The van der Waals surface area contributed by atoms with E-state index in [2.05, 4.69) is 44.4 Å². The third kappa shape index (κ3) is 3.85. The molecular formula is C10H16IN3O2S. The number of nitrogens with zero attached hydrogens (tertiary/aromatic N) is 3. The van der Waals surface area contributed by atoms with Gasteiger partial charge < -0.3 is 14.4 Å². The van der Waals surface area contributed by atoms with Crippen LogP contribution in [-0.2, 0) is 4.74 Å². The minimum Gasteiger partial charge on any atom is -0.467 e. The van der Waals surface area contributed by atoms with Gasteiger partial charge in [0.15, 0.2) is 0 Å². The first-order valence-electron chi connectivity index (χ1n) is 5.14. The highest BCUT2D eigenvalue weighted by atomic mass is 127. The smallest absolute Gasteiger partial charge is 0.319 e. The number of anilines is 1. The van der Waals surface area contributed by atoms with Crippen LogP contribution < -0.4 is 9.64 Å². The minimum atomic E-state index is 0. The Labute approximate surface area is 121 Å². The minimum absolute atomic E-state index is 0. The Bertz CT molecular complexity index is 381. The zero-order chi connectivity index (χ0) is 11.5. The third-order valence-corrected chi connectivity index (χ3v) is 2.96. The van der Waals surface area contributed by atoms with E-state index in [1.165, 1.54) is 0 Å². The normalized spacial score (nSPS) is 19.7. The van der Waals surface area contributed by atoms with Gasteiger partial charge in [-0.2, -0.15) is 23.5 Å². The van der Waals surface area contributed by atoms with Crippen LogP contribution in [0.1, 0.15) is 6.92 Å². The Kier molecular flexibility index (Phi) is 5.74. The van der Waals surface area contributed by atoms with E-state index >= 15 is 0 Å². The molecule has 0 aliphatic carbocycles. The quantitative estimate of drug-likeness (QED) is 0.583. The zero-order valence-corrected chi connectivity index (χ0v) is 13.0. The van der Waals surface area contributed by atoms with Gasteiger partial charge >= 0.3 is 6.01 Å². The fraction of sp³-hybridized carbons (Fsp3) is 0.600. The van der Waals surface area contributed by atoms with E-state index in [0.717, 1.165) is 29.2 Å². The third-order valence-electron chi connectivity index (χ3n) is 2.41. The molecule has 1 aromatic rings. The molecule has 7 heteroatoms. The van der Waals surface area contributed by atoms with Crippen molar-refractivity contribution in [2.75, 3.05) is 31.7 Å². The van der Waals surface area contributed by atoms with Crippen LogP contribution in [0.4, 0.5) is 5.82 Å². The topological polar surface area (TPSA) is 47.5 Å². The Morgan fingerprint density at radius 1 is 1.53 bits per heavy atom. The summed E-state index contributed by atoms with van der Waals surface area (Å²) in [6, 6.07) is 2.38. The lowest BCUT2D eigenvalue weighted by molar-refractivity contribution is 0.0529. The number of methoxy groups -OCH3 is 1. The van der Waals surface area contributed by atoms with Crippen LogP contribution in [0.15, 0.2) is 6.07 Å². The van der Waals surface area contributed by atoms with E-state index in [9.17, 15) is 0 Å². The second kappa shape index (κ2) is 6.60. The van der Waals surface area contributed by atoms with Crippen molar-refractivity contribution in [1.29, 1.82) is 0 Å². The van der Waals surface area contributed by atoms with Crippen molar-refractivity contribution in [3.8, 4) is 6.01 Å². The summed E-state index contributed by atoms with van der Waals surface area (Å²) in [6.07, 6.45) is 0.243. The molecule has 0 amide bonds. The van der Waals surface area contributed by atoms with Crippen LogP contribution in [0.2, 0.25) is 0 Å². The largest absolute Gasteiger partial charge is 0.467 e. The lowest BCUT2D eigenvalue weighted by atomic mass is 10.3. The van der Waals surface area contributed by atoms with Crippen molar-refractivity contribution in [3.05, 3.63) is 9.77 Å². The molecule has 2 heterocycles. The van der Waals surface area contributed by atoms with Crippen molar-refractivity contribution in [1.82, 2.24) is 9.97 Å². The summed E-state index contributed by atoms with van der Waals surface area (Å²) in [7, 11) is 1.58. The summed E-state index contributed by atoms with van der Waals surface area (Å²) >= 11 is 2.17. The standard InChI is InChI=1S/C10H14IN3O2.H2S/c1-7-6-14(3-4-16-7)9-5-8(11)12-10(13-9)15-2;/h5,7H,3-4,6H2,1-2H3;1H2/t7-;/m0./s1. The van der Waals surface area contributed by atoms with E-state index in [0.29, 0.717) is 6.01 Å². The van der Waals surface area contributed by atoms with Crippen LogP contribution in [-0.4, -0.2) is 42.9 Å². The average Bonchev–Trinajstić information content (AvgIpc) is 2.28. The van der Waals surface area contributed by atoms with Gasteiger partial charge in [-0.25, -0.2) is 0 Å². The second-order valence-electron chi connectivity index (χ2n) is 3.66. The summed E-state index contributed by atoms with van der Waals surface area (Å²) in [5, 5.41) is 0. The summed E-state index contributed by atoms with van der Waals surface area (Å²) in [4.78, 5) is 10.7. The molecule has 1 saturated heterocycles. The molecule has 5 nitrogen and oxygen atoms in total. The summed E-state index contributed by atoms with van der Waals surface area (Å²) in [5.41, 5.74) is 0. The molecule has 0 saturated carbocycles. The summed E-state index contributed by atoms with van der Waals surface area (Å²) < 4.78 is 11.5. The van der Waals surface area contributed by atoms with Gasteiger partial charge in [-0.05, 0) is 29.5 Å². The molecule has 0 radical (unpaired) electrons. The molecule has 0 unspecified atom stereocenters. The van der Waals surface area contributed by atoms with E-state index in [-0.39, 0.29) is 19.6 Å². The number of halogens is 1. The first-order chi connectivity index (χ1) is 7.69. The predicted molar refractivity (Wildman–Crippen MR) is 79.3 cm³/mol. The number of aromatic nitrogens is 2. The lowest BCUT2D eigenvalue weighted by Gasteiger charge is -2.32. The predicted octanol–water partition coefficient (Wildman–Crippen LogP) is 1.43. The Hall–Kier alpha value is -0.280. The van der Waals surface area contributed by atoms with E-state index in [1.807, 2.05) is 6.07 Å². The van der Waals surface area contributed by atoms with Crippen molar-refractivity contribution < 1.29 is 9.47 Å². The van der Waals surface area contributed by atoms with Crippen LogP contribution in [0.5, 0.6) is 6.01 Å². The molecule has 0 bridgehead atoms. The fourth-order valence-electron chi connectivity index (χ4n) is 1.67. The SMILES string of the molecule is COc1nc(I)cc(N2CCO[C@@H](C)C2)n1.S. The monoisotopic (exact) mass is 369 g/mol. The summed E-state index contributed by atoms with van der Waals surface area (Å²) in [5.74, 6) is 0.909. The van der Waals surface area contributed by atoms with Crippen molar-refractivity contribution in [2.45, 2.75) is 13.0 Å². The first kappa shape index (κ1) is 14.8. The molecule has 17 heavy (non-hydrogen) atoms. The maximum atomic E-state index is 5.50. The fourth-order valence-corrected chi connectivity index (χ4v) is 2.15. The number of hydrogen-bond donors (Lipinski definition) is 0. The maximum absolute atomic E-state index is 5.50. The van der Waals surface area contributed by atoms with Crippen LogP contribution >= 0.6 is 36.1 Å². The van der Waals surface area contributed by atoms with Gasteiger partial charge in [0.2, 0.25) is 0 Å². The molecule has 1 aliphatic heterocycles. The molecule has 1 atom stereocenters. The Balaban J connectivity index is 0.00000144. The molecule has 1 fully saturated rings. The van der Waals surface area contributed by atoms with Crippen LogP contribution in [0, 0.1) is 3.70 Å². The molecule has 0 aromatic carbocycles. The molecular weight excluding hydrogens is 353 g/mol. The van der Waals surface area contributed by atoms with Gasteiger partial charge in [0, 0.05) is 19.2 Å². The Morgan fingerprint density at radius 2 is 2.29 bits per heavy atom. The number of morpholine rings is 1. The van der Waals surface area contributed by atoms with E-state index < -0.39 is 0 Å². The molecule has 1 aliphatic rings. The number of rotatable bonds is 2. The molecule has 96 valence electrons. The van der Waals surface area contributed by atoms with Crippen molar-refractivity contribution >= 4 is 41.9 Å². The second-order valence-corrected chi connectivity index (χ2v) is 4.77. The maximum Gasteiger partial charge on any atom is 0.319 e. The highest BCUT2D eigenvalue weighted by molar-refractivity contribution is 14.1. The summed E-state index contributed by atoms with van der Waals surface area (Å²) in [6.45, 7) is 4.52. The molecule has 2 rings (SSSR count). The molecule has 0 spiro atoms. The molecule has 0 N–H and O–H groups in total. The Morgan fingerprint density at radius 3 is 2.94 bits per heavy atom. The van der Waals surface area contributed by atoms with Crippen LogP contribution in [0.25, 0.3) is 0 Å².